The van der Waals surface area contributed by atoms with Gasteiger partial charge < -0.3 is 19.4 Å². The molecule has 2 aliphatic rings. The van der Waals surface area contributed by atoms with Crippen LogP contribution in [0.15, 0.2) is 48.5 Å². The number of amides is 4. The maximum absolute atomic E-state index is 13.8. The Hall–Kier alpha value is -3.26. The Morgan fingerprint density at radius 1 is 0.973 bits per heavy atom. The highest BCUT2D eigenvalue weighted by Crippen LogP contribution is 2.33. The summed E-state index contributed by atoms with van der Waals surface area (Å²) >= 11 is 0. The molecule has 0 radical (unpaired) electrons. The number of rotatable bonds is 6. The summed E-state index contributed by atoms with van der Waals surface area (Å²) in [6.45, 7) is 10.4. The standard InChI is InChI=1S/C29H41N5O3/c1-29(2,3)24-11-9-23(10-12-24)26-21-34(32-19-17-31(18-20-32)27(35)30(4)5)28(36)33(26)16-15-22-7-13-25(37-6)14-8-22/h7-14,26H,15-21H2,1-6H3. The fourth-order valence-corrected chi connectivity index (χ4v) is 5.05. The van der Waals surface area contributed by atoms with E-state index in [-0.39, 0.29) is 23.5 Å². The first-order valence-corrected chi connectivity index (χ1v) is 13.1. The lowest BCUT2D eigenvalue weighted by atomic mass is 9.86. The lowest BCUT2D eigenvalue weighted by Crippen LogP contribution is -2.57. The summed E-state index contributed by atoms with van der Waals surface area (Å²) in [6, 6.07) is 16.8. The first-order valence-electron chi connectivity index (χ1n) is 13.1. The third-order valence-corrected chi connectivity index (χ3v) is 7.40. The topological polar surface area (TPSA) is 59.6 Å². The van der Waals surface area contributed by atoms with E-state index in [1.165, 1.54) is 11.1 Å². The van der Waals surface area contributed by atoms with Gasteiger partial charge in [0.2, 0.25) is 0 Å². The predicted molar refractivity (Wildman–Crippen MR) is 146 cm³/mol. The van der Waals surface area contributed by atoms with Crippen LogP contribution in [-0.2, 0) is 11.8 Å². The van der Waals surface area contributed by atoms with Gasteiger partial charge in [0.15, 0.2) is 0 Å². The van der Waals surface area contributed by atoms with E-state index in [9.17, 15) is 9.59 Å². The molecule has 4 rings (SSSR count). The van der Waals surface area contributed by atoms with Gasteiger partial charge in [-0.1, -0.05) is 57.2 Å². The third-order valence-electron chi connectivity index (χ3n) is 7.40. The molecule has 0 aliphatic carbocycles. The second-order valence-electron chi connectivity index (χ2n) is 11.2. The van der Waals surface area contributed by atoms with Crippen molar-refractivity contribution in [2.45, 2.75) is 38.6 Å². The maximum atomic E-state index is 13.8. The predicted octanol–water partition coefficient (Wildman–Crippen LogP) is 4.23. The number of benzene rings is 2. The fraction of sp³-hybridized carbons (Fsp3) is 0.517. The Kier molecular flexibility index (Phi) is 7.97. The first-order chi connectivity index (χ1) is 17.6. The summed E-state index contributed by atoms with van der Waals surface area (Å²) in [7, 11) is 5.21. The second kappa shape index (κ2) is 11.0. The smallest absolute Gasteiger partial charge is 0.335 e. The normalized spacial score (nSPS) is 18.9. The minimum Gasteiger partial charge on any atom is -0.497 e. The molecule has 200 valence electrons. The number of ether oxygens (including phenoxy) is 1. The largest absolute Gasteiger partial charge is 0.497 e. The summed E-state index contributed by atoms with van der Waals surface area (Å²) in [4.78, 5) is 31.6. The molecule has 0 aromatic heterocycles. The zero-order valence-corrected chi connectivity index (χ0v) is 23.1. The van der Waals surface area contributed by atoms with Crippen LogP contribution in [0.25, 0.3) is 0 Å². The van der Waals surface area contributed by atoms with Crippen molar-refractivity contribution >= 4 is 12.1 Å². The lowest BCUT2D eigenvalue weighted by molar-refractivity contribution is -0.00703. The fourth-order valence-electron chi connectivity index (χ4n) is 5.05. The van der Waals surface area contributed by atoms with Crippen LogP contribution in [0, 0.1) is 0 Å². The van der Waals surface area contributed by atoms with Gasteiger partial charge in [0, 0.05) is 46.8 Å². The van der Waals surface area contributed by atoms with Gasteiger partial charge in [-0.25, -0.2) is 14.6 Å². The van der Waals surface area contributed by atoms with E-state index in [0.29, 0.717) is 39.3 Å². The SMILES string of the molecule is COc1ccc(CCN2C(=O)N(N3CCN(C(=O)N(C)C)CC3)CC2c2ccc(C(C)(C)C)cc2)cc1. The molecule has 37 heavy (non-hydrogen) atoms. The molecule has 4 amide bonds. The van der Waals surface area contributed by atoms with Gasteiger partial charge in [-0.3, -0.25) is 5.01 Å². The van der Waals surface area contributed by atoms with Gasteiger partial charge in [-0.05, 0) is 40.7 Å². The van der Waals surface area contributed by atoms with Crippen molar-refractivity contribution in [2.75, 3.05) is 60.5 Å². The zero-order valence-electron chi connectivity index (χ0n) is 23.1. The molecule has 2 aromatic carbocycles. The molecular formula is C29H41N5O3. The van der Waals surface area contributed by atoms with Crippen molar-refractivity contribution in [3.05, 3.63) is 65.2 Å². The summed E-state index contributed by atoms with van der Waals surface area (Å²) in [5, 5.41) is 4.01. The quantitative estimate of drug-likeness (QED) is 0.587. The van der Waals surface area contributed by atoms with Crippen molar-refractivity contribution in [3.8, 4) is 5.75 Å². The number of carbonyl (C=O) groups excluding carboxylic acids is 2. The molecule has 0 N–H and O–H groups in total. The second-order valence-corrected chi connectivity index (χ2v) is 11.2. The monoisotopic (exact) mass is 507 g/mol. The van der Waals surface area contributed by atoms with Gasteiger partial charge in [0.1, 0.15) is 5.75 Å². The van der Waals surface area contributed by atoms with E-state index in [0.717, 1.165) is 17.7 Å². The number of nitrogens with zero attached hydrogens (tertiary/aromatic N) is 5. The van der Waals surface area contributed by atoms with Gasteiger partial charge >= 0.3 is 12.1 Å². The van der Waals surface area contributed by atoms with E-state index in [4.69, 9.17) is 4.74 Å². The number of hydrogen-bond donors (Lipinski definition) is 0. The highest BCUT2D eigenvalue weighted by atomic mass is 16.5. The minimum absolute atomic E-state index is 0.0188. The van der Waals surface area contributed by atoms with Crippen LogP contribution < -0.4 is 4.74 Å². The average molecular weight is 508 g/mol. The average Bonchev–Trinajstić information content (AvgIpc) is 3.22. The van der Waals surface area contributed by atoms with E-state index in [2.05, 4.69) is 62.2 Å². The Bertz CT molecular complexity index is 1070. The van der Waals surface area contributed by atoms with E-state index >= 15 is 0 Å². The number of methoxy groups -OCH3 is 1. The molecule has 0 spiro atoms. The molecular weight excluding hydrogens is 466 g/mol. The van der Waals surface area contributed by atoms with Crippen molar-refractivity contribution in [1.82, 2.24) is 24.7 Å². The van der Waals surface area contributed by atoms with Gasteiger partial charge in [0.05, 0.1) is 19.7 Å². The van der Waals surface area contributed by atoms with Gasteiger partial charge in [-0.2, -0.15) is 0 Å². The summed E-state index contributed by atoms with van der Waals surface area (Å²) in [5.41, 5.74) is 3.68. The number of piperazine rings is 1. The molecule has 1 unspecified atom stereocenters. The van der Waals surface area contributed by atoms with Gasteiger partial charge in [-0.15, -0.1) is 0 Å². The Labute approximate surface area is 221 Å². The molecule has 2 fully saturated rings. The van der Waals surface area contributed by atoms with E-state index in [1.807, 2.05) is 26.9 Å². The summed E-state index contributed by atoms with van der Waals surface area (Å²) in [6.07, 6.45) is 0.769. The van der Waals surface area contributed by atoms with E-state index in [1.54, 1.807) is 26.1 Å². The number of urea groups is 2. The van der Waals surface area contributed by atoms with Crippen LogP contribution in [-0.4, -0.2) is 97.3 Å². The van der Waals surface area contributed by atoms with Crippen LogP contribution in [0.5, 0.6) is 5.75 Å². The minimum atomic E-state index is -0.0267. The first kappa shape index (κ1) is 26.8. The van der Waals surface area contributed by atoms with Crippen LogP contribution in [0.4, 0.5) is 9.59 Å². The Balaban J connectivity index is 1.51. The van der Waals surface area contributed by atoms with Crippen molar-refractivity contribution in [1.29, 1.82) is 0 Å². The molecule has 8 heteroatoms. The van der Waals surface area contributed by atoms with Crippen LogP contribution >= 0.6 is 0 Å². The van der Waals surface area contributed by atoms with Crippen molar-refractivity contribution in [2.24, 2.45) is 0 Å². The molecule has 2 aliphatic heterocycles. The molecule has 1 atom stereocenters. The number of carbonyl (C=O) groups is 2. The molecule has 2 heterocycles. The third kappa shape index (κ3) is 6.01. The van der Waals surface area contributed by atoms with Crippen LogP contribution in [0.3, 0.4) is 0 Å². The molecule has 8 nitrogen and oxygen atoms in total. The lowest BCUT2D eigenvalue weighted by Gasteiger charge is -2.39. The zero-order chi connectivity index (χ0) is 26.7. The van der Waals surface area contributed by atoms with Gasteiger partial charge in [0.25, 0.3) is 0 Å². The highest BCUT2D eigenvalue weighted by molar-refractivity contribution is 5.77. The van der Waals surface area contributed by atoms with Crippen LogP contribution in [0.1, 0.15) is 43.5 Å². The van der Waals surface area contributed by atoms with E-state index < -0.39 is 0 Å². The number of hydrazine groups is 1. The van der Waals surface area contributed by atoms with Crippen LogP contribution in [0.2, 0.25) is 0 Å². The maximum Gasteiger partial charge on any atom is 0.335 e. The van der Waals surface area contributed by atoms with Crippen molar-refractivity contribution in [3.63, 3.8) is 0 Å². The summed E-state index contributed by atoms with van der Waals surface area (Å²) < 4.78 is 5.29. The molecule has 0 bridgehead atoms. The molecule has 2 saturated heterocycles. The Morgan fingerprint density at radius 3 is 2.14 bits per heavy atom. The van der Waals surface area contributed by atoms with Crippen molar-refractivity contribution < 1.29 is 14.3 Å². The Morgan fingerprint density at radius 2 is 1.59 bits per heavy atom. The number of hydrogen-bond acceptors (Lipinski definition) is 4. The molecule has 2 aromatic rings. The molecule has 0 saturated carbocycles. The summed E-state index contributed by atoms with van der Waals surface area (Å²) in [5.74, 6) is 0.830. The highest BCUT2D eigenvalue weighted by Gasteiger charge is 2.41.